The number of imidazole rings is 1. The smallest absolute Gasteiger partial charge is 0.180 e. The topological polar surface area (TPSA) is 38.6 Å². The molecule has 2 aromatic heterocycles. The molecule has 90 valence electrons. The van der Waals surface area contributed by atoms with Gasteiger partial charge < -0.3 is 14.5 Å². The summed E-state index contributed by atoms with van der Waals surface area (Å²) >= 11 is 0. The van der Waals surface area contributed by atoms with Gasteiger partial charge >= 0.3 is 0 Å². The first-order valence-electron chi connectivity index (χ1n) is 6.06. The highest BCUT2D eigenvalue weighted by Gasteiger charge is 2.22. The highest BCUT2D eigenvalue weighted by molar-refractivity contribution is 5.56. The first kappa shape index (κ1) is 10.6. The van der Waals surface area contributed by atoms with Crippen molar-refractivity contribution in [3.63, 3.8) is 0 Å². The number of hydrogen-bond acceptors (Lipinski definition) is 3. The maximum Gasteiger partial charge on any atom is 0.180 e. The van der Waals surface area contributed by atoms with Crippen LogP contribution in [0.3, 0.4) is 0 Å². The normalized spacial score (nSPS) is 20.0. The summed E-state index contributed by atoms with van der Waals surface area (Å²) < 4.78 is 7.46. The van der Waals surface area contributed by atoms with Crippen molar-refractivity contribution in [1.29, 1.82) is 0 Å². The van der Waals surface area contributed by atoms with Crippen LogP contribution in [0.4, 0.5) is 0 Å². The molecule has 0 amide bonds. The van der Waals surface area contributed by atoms with Crippen LogP contribution in [0.1, 0.15) is 30.3 Å². The Morgan fingerprint density at radius 1 is 1.53 bits per heavy atom. The molecule has 3 rings (SSSR count). The molecule has 1 fully saturated rings. The van der Waals surface area contributed by atoms with Crippen LogP contribution in [0.2, 0.25) is 0 Å². The van der Waals surface area contributed by atoms with E-state index in [1.165, 1.54) is 18.5 Å². The predicted molar refractivity (Wildman–Crippen MR) is 66.5 cm³/mol. The Morgan fingerprint density at radius 2 is 2.41 bits per heavy atom. The molecule has 2 aromatic rings. The van der Waals surface area contributed by atoms with Crippen molar-refractivity contribution < 1.29 is 4.74 Å². The van der Waals surface area contributed by atoms with Crippen LogP contribution in [0.15, 0.2) is 18.3 Å². The average molecular weight is 231 g/mol. The molecule has 0 aromatic carbocycles. The molecule has 0 spiro atoms. The van der Waals surface area contributed by atoms with Gasteiger partial charge in [0.25, 0.3) is 0 Å². The Balaban J connectivity index is 2.16. The second-order valence-electron chi connectivity index (χ2n) is 4.50. The quantitative estimate of drug-likeness (QED) is 0.860. The third-order valence-electron chi connectivity index (χ3n) is 3.50. The van der Waals surface area contributed by atoms with Gasteiger partial charge in [0.15, 0.2) is 11.4 Å². The van der Waals surface area contributed by atoms with Crippen LogP contribution in [-0.2, 0) is 0 Å². The standard InChI is InChI=1S/C13H17N3O/c1-9-12(10-5-3-7-14-10)15-13-11(17-2)6-4-8-16(9)13/h4,6,8,10,14H,3,5,7H2,1-2H3. The zero-order valence-electron chi connectivity index (χ0n) is 10.2. The zero-order chi connectivity index (χ0) is 11.8. The summed E-state index contributed by atoms with van der Waals surface area (Å²) in [5.41, 5.74) is 3.28. The van der Waals surface area contributed by atoms with Crippen molar-refractivity contribution in [2.24, 2.45) is 0 Å². The summed E-state index contributed by atoms with van der Waals surface area (Å²) in [4.78, 5) is 4.74. The molecule has 1 aliphatic heterocycles. The molecule has 1 saturated heterocycles. The van der Waals surface area contributed by atoms with Crippen molar-refractivity contribution in [1.82, 2.24) is 14.7 Å². The van der Waals surface area contributed by atoms with Crippen molar-refractivity contribution >= 4 is 5.65 Å². The minimum Gasteiger partial charge on any atom is -0.493 e. The number of nitrogens with zero attached hydrogens (tertiary/aromatic N) is 2. The SMILES string of the molecule is COc1cccn2c(C)c(C3CCCN3)nc12. The van der Waals surface area contributed by atoms with E-state index in [1.54, 1.807) is 7.11 Å². The van der Waals surface area contributed by atoms with Crippen LogP contribution in [-0.4, -0.2) is 23.0 Å². The minimum absolute atomic E-state index is 0.402. The lowest BCUT2D eigenvalue weighted by atomic mass is 10.1. The van der Waals surface area contributed by atoms with Gasteiger partial charge in [-0.15, -0.1) is 0 Å². The summed E-state index contributed by atoms with van der Waals surface area (Å²) in [5.74, 6) is 0.833. The van der Waals surface area contributed by atoms with Gasteiger partial charge in [-0.3, -0.25) is 0 Å². The van der Waals surface area contributed by atoms with Gasteiger partial charge in [-0.05, 0) is 38.4 Å². The summed E-state index contributed by atoms with van der Waals surface area (Å²) in [6.07, 6.45) is 4.45. The van der Waals surface area contributed by atoms with Crippen molar-refractivity contribution in [2.75, 3.05) is 13.7 Å². The van der Waals surface area contributed by atoms with E-state index in [2.05, 4.69) is 16.6 Å². The zero-order valence-corrected chi connectivity index (χ0v) is 10.2. The fraction of sp³-hybridized carbons (Fsp3) is 0.462. The first-order valence-corrected chi connectivity index (χ1v) is 6.06. The Bertz CT molecular complexity index is 541. The number of fused-ring (bicyclic) bond motifs is 1. The van der Waals surface area contributed by atoms with Gasteiger partial charge in [0.05, 0.1) is 18.8 Å². The molecule has 4 heteroatoms. The molecule has 1 N–H and O–H groups in total. The molecule has 4 nitrogen and oxygen atoms in total. The molecule has 0 aliphatic carbocycles. The monoisotopic (exact) mass is 231 g/mol. The molecule has 1 aliphatic rings. The highest BCUT2D eigenvalue weighted by Crippen LogP contribution is 2.28. The number of rotatable bonds is 2. The lowest BCUT2D eigenvalue weighted by Crippen LogP contribution is -2.14. The van der Waals surface area contributed by atoms with Crippen molar-refractivity contribution in [3.05, 3.63) is 29.7 Å². The van der Waals surface area contributed by atoms with Gasteiger partial charge in [0.2, 0.25) is 0 Å². The van der Waals surface area contributed by atoms with E-state index in [9.17, 15) is 0 Å². The maximum atomic E-state index is 5.35. The van der Waals surface area contributed by atoms with Crippen molar-refractivity contribution in [2.45, 2.75) is 25.8 Å². The Hall–Kier alpha value is -1.55. The molecule has 3 heterocycles. The minimum atomic E-state index is 0.402. The predicted octanol–water partition coefficient (Wildman–Crippen LogP) is 2.08. The fourth-order valence-corrected chi connectivity index (χ4v) is 2.59. The molecule has 0 bridgehead atoms. The van der Waals surface area contributed by atoms with Crippen LogP contribution in [0, 0.1) is 6.92 Å². The fourth-order valence-electron chi connectivity index (χ4n) is 2.59. The largest absolute Gasteiger partial charge is 0.493 e. The molecular weight excluding hydrogens is 214 g/mol. The highest BCUT2D eigenvalue weighted by atomic mass is 16.5. The van der Waals surface area contributed by atoms with E-state index in [0.29, 0.717) is 6.04 Å². The van der Waals surface area contributed by atoms with Gasteiger partial charge in [0.1, 0.15) is 0 Å². The summed E-state index contributed by atoms with van der Waals surface area (Å²) in [6.45, 7) is 3.21. The average Bonchev–Trinajstić information content (AvgIpc) is 2.97. The number of aryl methyl sites for hydroxylation is 1. The molecule has 1 atom stereocenters. The lowest BCUT2D eigenvalue weighted by molar-refractivity contribution is 0.417. The van der Waals surface area contributed by atoms with Crippen molar-refractivity contribution in [3.8, 4) is 5.75 Å². The summed E-state index contributed by atoms with van der Waals surface area (Å²) in [7, 11) is 1.69. The van der Waals surface area contributed by atoms with Gasteiger partial charge in [-0.25, -0.2) is 4.98 Å². The van der Waals surface area contributed by atoms with Crippen LogP contribution in [0.25, 0.3) is 5.65 Å². The molecule has 0 radical (unpaired) electrons. The van der Waals surface area contributed by atoms with Gasteiger partial charge in [-0.2, -0.15) is 0 Å². The number of hydrogen-bond donors (Lipinski definition) is 1. The molecule has 17 heavy (non-hydrogen) atoms. The number of pyridine rings is 1. The van der Waals surface area contributed by atoms with E-state index in [4.69, 9.17) is 9.72 Å². The third kappa shape index (κ3) is 1.60. The van der Waals surface area contributed by atoms with Gasteiger partial charge in [-0.1, -0.05) is 0 Å². The van der Waals surface area contributed by atoms with Crippen LogP contribution in [0.5, 0.6) is 5.75 Å². The molecule has 0 saturated carbocycles. The van der Waals surface area contributed by atoms with Crippen LogP contribution >= 0.6 is 0 Å². The molecule has 1 unspecified atom stereocenters. The summed E-state index contributed by atoms with van der Waals surface area (Å²) in [5, 5.41) is 3.50. The van der Waals surface area contributed by atoms with E-state index >= 15 is 0 Å². The van der Waals surface area contributed by atoms with E-state index in [1.807, 2.05) is 18.3 Å². The number of aromatic nitrogens is 2. The Labute approximate surface area is 101 Å². The number of nitrogens with one attached hydrogen (secondary N) is 1. The summed E-state index contributed by atoms with van der Waals surface area (Å²) in [6, 6.07) is 4.35. The maximum absolute atomic E-state index is 5.35. The number of methoxy groups -OCH3 is 1. The van der Waals surface area contributed by atoms with E-state index in [0.717, 1.165) is 23.6 Å². The second-order valence-corrected chi connectivity index (χ2v) is 4.50. The van der Waals surface area contributed by atoms with E-state index in [-0.39, 0.29) is 0 Å². The van der Waals surface area contributed by atoms with Gasteiger partial charge in [0, 0.05) is 11.9 Å². The van der Waals surface area contributed by atoms with E-state index < -0.39 is 0 Å². The Morgan fingerprint density at radius 3 is 3.12 bits per heavy atom. The second kappa shape index (κ2) is 4.04. The van der Waals surface area contributed by atoms with Crippen LogP contribution < -0.4 is 10.1 Å². The molecular formula is C13H17N3O. The lowest BCUT2D eigenvalue weighted by Gasteiger charge is -2.07. The third-order valence-corrected chi connectivity index (χ3v) is 3.50. The Kier molecular flexibility index (Phi) is 2.52. The first-order chi connectivity index (χ1) is 8.31. The number of ether oxygens (including phenoxy) is 1.